The predicted octanol–water partition coefficient (Wildman–Crippen LogP) is 6.07. The van der Waals surface area contributed by atoms with Crippen LogP contribution in [0.25, 0.3) is 10.9 Å². The van der Waals surface area contributed by atoms with Crippen molar-refractivity contribution in [2.45, 2.75) is 38.0 Å². The Hall–Kier alpha value is -2.43. The van der Waals surface area contributed by atoms with Crippen LogP contribution in [-0.2, 0) is 9.53 Å². The summed E-state index contributed by atoms with van der Waals surface area (Å²) in [5.41, 5.74) is 0.955. The topological polar surface area (TPSA) is 92.0 Å². The lowest BCUT2D eigenvalue weighted by Gasteiger charge is -2.22. The maximum absolute atomic E-state index is 13.5. The molecule has 1 heterocycles. The number of hydrogen-bond acceptors (Lipinski definition) is 7. The molecule has 11 heteroatoms. The van der Waals surface area contributed by atoms with E-state index < -0.39 is 5.97 Å². The number of rotatable bonds is 7. The molecule has 0 radical (unpaired) electrons. The maximum Gasteiger partial charge on any atom is 0.343 e. The molecule has 0 bridgehead atoms. The highest BCUT2D eigenvalue weighted by atomic mass is 79.9. The first-order valence-electron chi connectivity index (χ1n) is 11.4. The van der Waals surface area contributed by atoms with Gasteiger partial charge >= 0.3 is 5.97 Å². The molecule has 36 heavy (non-hydrogen) atoms. The number of ether oxygens (including phenoxy) is 3. The average Bonchev–Trinajstić information content (AvgIpc) is 2.90. The summed E-state index contributed by atoms with van der Waals surface area (Å²) >= 11 is 13.4. The van der Waals surface area contributed by atoms with Crippen LogP contribution < -0.4 is 15.0 Å². The monoisotopic (exact) mass is 639 g/mol. The second-order valence-corrected chi connectivity index (χ2v) is 10.4. The van der Waals surface area contributed by atoms with Crippen LogP contribution in [0, 0.1) is 0 Å². The van der Waals surface area contributed by atoms with Gasteiger partial charge in [-0.3, -0.25) is 4.79 Å². The zero-order valence-corrected chi connectivity index (χ0v) is 23.7. The van der Waals surface area contributed by atoms with Crippen LogP contribution in [-0.4, -0.2) is 42.7 Å². The molecule has 8 nitrogen and oxygen atoms in total. The van der Waals surface area contributed by atoms with Gasteiger partial charge in [0.05, 0.1) is 31.3 Å². The summed E-state index contributed by atoms with van der Waals surface area (Å²) in [4.78, 5) is 29.9. The third-order valence-corrected chi connectivity index (χ3v) is 7.99. The highest BCUT2D eigenvalue weighted by molar-refractivity contribution is 9.10. The molecule has 1 saturated carbocycles. The number of carbonyl (C=O) groups excluding carboxylic acids is 1. The average molecular weight is 642 g/mol. The summed E-state index contributed by atoms with van der Waals surface area (Å²) < 4.78 is 18.2. The quantitative estimate of drug-likeness (QED) is 0.230. The minimum atomic E-state index is -0.556. The number of esters is 1. The van der Waals surface area contributed by atoms with Crippen molar-refractivity contribution in [3.63, 3.8) is 0 Å². The van der Waals surface area contributed by atoms with Crippen molar-refractivity contribution in [3.8, 4) is 11.5 Å². The molecule has 0 unspecified atom stereocenters. The fraction of sp³-hybridized carbons (Fsp3) is 0.360. The molecule has 1 fully saturated rings. The normalized spacial score (nSPS) is 14.4. The standard InChI is InChI=1S/C25H24Br2ClN3O5/c1-34-19-10-15(21(27)22(28)23(19)36-13-20(32)35-2)12-29-31-24(14-6-4-3-5-7-14)30-18-9-8-16(26)11-17(18)25(31)33/h8-12,14H,3-7,13H2,1-2H3. The van der Waals surface area contributed by atoms with Gasteiger partial charge in [-0.05, 0) is 53.0 Å². The van der Waals surface area contributed by atoms with Crippen molar-refractivity contribution in [3.05, 3.63) is 60.0 Å². The van der Waals surface area contributed by atoms with Crippen molar-refractivity contribution in [1.29, 1.82) is 0 Å². The lowest BCUT2D eigenvalue weighted by atomic mass is 9.88. The highest BCUT2D eigenvalue weighted by Crippen LogP contribution is 2.42. The van der Waals surface area contributed by atoms with E-state index in [9.17, 15) is 9.59 Å². The number of benzene rings is 2. The van der Waals surface area contributed by atoms with Gasteiger partial charge in [0.15, 0.2) is 18.1 Å². The maximum atomic E-state index is 13.5. The van der Waals surface area contributed by atoms with E-state index in [0.717, 1.165) is 30.2 Å². The van der Waals surface area contributed by atoms with E-state index in [1.165, 1.54) is 31.5 Å². The number of carbonyl (C=O) groups is 1. The molecule has 0 spiro atoms. The van der Waals surface area contributed by atoms with Crippen LogP contribution in [0.4, 0.5) is 0 Å². The molecule has 1 aromatic heterocycles. The third-order valence-electron chi connectivity index (χ3n) is 6.05. The van der Waals surface area contributed by atoms with E-state index in [4.69, 9.17) is 26.1 Å². The molecule has 2 aromatic carbocycles. The first-order chi connectivity index (χ1) is 17.3. The highest BCUT2D eigenvalue weighted by Gasteiger charge is 2.23. The third kappa shape index (κ3) is 5.60. The van der Waals surface area contributed by atoms with Gasteiger partial charge in [-0.1, -0.05) is 46.8 Å². The van der Waals surface area contributed by atoms with E-state index in [1.807, 2.05) is 12.1 Å². The van der Waals surface area contributed by atoms with Gasteiger partial charge in [0, 0.05) is 20.4 Å². The molecule has 3 aromatic rings. The molecule has 0 amide bonds. The predicted molar refractivity (Wildman–Crippen MR) is 146 cm³/mol. The van der Waals surface area contributed by atoms with E-state index in [2.05, 4.69) is 41.7 Å². The van der Waals surface area contributed by atoms with E-state index in [0.29, 0.717) is 32.5 Å². The van der Waals surface area contributed by atoms with Crippen molar-refractivity contribution in [2.24, 2.45) is 5.10 Å². The Morgan fingerprint density at radius 2 is 1.97 bits per heavy atom. The van der Waals surface area contributed by atoms with Gasteiger partial charge in [-0.15, -0.1) is 0 Å². The zero-order valence-electron chi connectivity index (χ0n) is 19.7. The van der Waals surface area contributed by atoms with Gasteiger partial charge in [-0.2, -0.15) is 9.78 Å². The van der Waals surface area contributed by atoms with Crippen molar-refractivity contribution < 1.29 is 19.0 Å². The van der Waals surface area contributed by atoms with Gasteiger partial charge in [0.25, 0.3) is 5.56 Å². The summed E-state index contributed by atoms with van der Waals surface area (Å²) in [5.74, 6) is 0.727. The molecular formula is C25H24Br2ClN3O5. The van der Waals surface area contributed by atoms with Gasteiger partial charge in [-0.25, -0.2) is 9.78 Å². The zero-order chi connectivity index (χ0) is 25.8. The van der Waals surface area contributed by atoms with Crippen LogP contribution in [0.1, 0.15) is 49.4 Å². The van der Waals surface area contributed by atoms with Crippen LogP contribution in [0.2, 0.25) is 5.02 Å². The molecule has 0 aliphatic heterocycles. The number of aromatic nitrogens is 2. The number of nitrogens with zero attached hydrogens (tertiary/aromatic N) is 3. The summed E-state index contributed by atoms with van der Waals surface area (Å²) in [5, 5.41) is 5.24. The van der Waals surface area contributed by atoms with Crippen molar-refractivity contribution >= 4 is 66.5 Å². The van der Waals surface area contributed by atoms with E-state index >= 15 is 0 Å². The Morgan fingerprint density at radius 3 is 2.67 bits per heavy atom. The molecule has 1 aliphatic rings. The smallest absolute Gasteiger partial charge is 0.343 e. The van der Waals surface area contributed by atoms with Crippen LogP contribution >= 0.6 is 43.5 Å². The Kier molecular flexibility index (Phi) is 8.69. The summed E-state index contributed by atoms with van der Waals surface area (Å²) in [7, 11) is 2.73. The lowest BCUT2D eigenvalue weighted by Crippen LogP contribution is -2.25. The molecule has 1 aliphatic carbocycles. The number of hydrogen-bond donors (Lipinski definition) is 0. The summed E-state index contributed by atoms with van der Waals surface area (Å²) in [6, 6.07) is 7.13. The summed E-state index contributed by atoms with van der Waals surface area (Å²) in [6.45, 7) is -0.328. The second kappa shape index (κ2) is 11.7. The minimum absolute atomic E-state index is 0.146. The molecular weight excluding hydrogens is 618 g/mol. The van der Waals surface area contributed by atoms with E-state index in [-0.39, 0.29) is 28.9 Å². The fourth-order valence-electron chi connectivity index (χ4n) is 4.20. The molecule has 0 saturated heterocycles. The Labute approximate surface area is 229 Å². The SMILES string of the molecule is COC(=O)COc1c(OC)cc(C=Nn2c(C3CCCCC3)nc3ccc(Br)cc3c2=O)c(Br)c1Cl. The fourth-order valence-corrected chi connectivity index (χ4v) is 5.21. The van der Waals surface area contributed by atoms with Crippen molar-refractivity contribution in [2.75, 3.05) is 20.8 Å². The Balaban J connectivity index is 1.80. The minimum Gasteiger partial charge on any atom is -0.493 e. The Bertz CT molecular complexity index is 1390. The summed E-state index contributed by atoms with van der Waals surface area (Å²) in [6.07, 6.45) is 6.81. The van der Waals surface area contributed by atoms with Crippen molar-refractivity contribution in [1.82, 2.24) is 9.66 Å². The van der Waals surface area contributed by atoms with Gasteiger partial charge in [0.1, 0.15) is 10.8 Å². The molecule has 0 atom stereocenters. The van der Waals surface area contributed by atoms with Crippen LogP contribution in [0.5, 0.6) is 11.5 Å². The Morgan fingerprint density at radius 1 is 1.22 bits per heavy atom. The number of methoxy groups -OCH3 is 2. The van der Waals surface area contributed by atoms with Crippen LogP contribution in [0.15, 0.2) is 43.1 Å². The second-order valence-electron chi connectivity index (χ2n) is 8.32. The molecule has 0 N–H and O–H groups in total. The van der Waals surface area contributed by atoms with Gasteiger partial charge < -0.3 is 14.2 Å². The molecule has 4 rings (SSSR count). The first kappa shape index (κ1) is 26.6. The van der Waals surface area contributed by atoms with Gasteiger partial charge in [0.2, 0.25) is 0 Å². The van der Waals surface area contributed by atoms with E-state index in [1.54, 1.807) is 12.1 Å². The molecule has 190 valence electrons. The number of fused-ring (bicyclic) bond motifs is 1. The number of halogens is 3. The largest absolute Gasteiger partial charge is 0.493 e. The first-order valence-corrected chi connectivity index (χ1v) is 13.3. The van der Waals surface area contributed by atoms with Crippen LogP contribution in [0.3, 0.4) is 0 Å². The lowest BCUT2D eigenvalue weighted by molar-refractivity contribution is -0.142.